The summed E-state index contributed by atoms with van der Waals surface area (Å²) in [5, 5.41) is 2.82. The number of aryl methyl sites for hydroxylation is 3. The number of carbonyl (C=O) groups is 2. The van der Waals surface area contributed by atoms with Crippen LogP contribution in [0.5, 0.6) is 0 Å². The van der Waals surface area contributed by atoms with Crippen molar-refractivity contribution in [3.63, 3.8) is 0 Å². The summed E-state index contributed by atoms with van der Waals surface area (Å²) in [5.74, 6) is -0.443. The Kier molecular flexibility index (Phi) is 6.52. The van der Waals surface area contributed by atoms with Crippen molar-refractivity contribution in [1.82, 2.24) is 4.31 Å². The van der Waals surface area contributed by atoms with Crippen LogP contribution in [0.1, 0.15) is 36.5 Å². The molecule has 3 rings (SSSR count). The van der Waals surface area contributed by atoms with Gasteiger partial charge in [0.05, 0.1) is 4.90 Å². The molecule has 0 spiro atoms. The van der Waals surface area contributed by atoms with Gasteiger partial charge in [0.25, 0.3) is 0 Å². The summed E-state index contributed by atoms with van der Waals surface area (Å²) in [6.45, 7) is 7.30. The van der Waals surface area contributed by atoms with E-state index < -0.39 is 16.1 Å². The van der Waals surface area contributed by atoms with Crippen LogP contribution in [-0.4, -0.2) is 44.2 Å². The number of sulfonamides is 1. The van der Waals surface area contributed by atoms with E-state index in [1.165, 1.54) is 16.1 Å². The zero-order chi connectivity index (χ0) is 22.9. The van der Waals surface area contributed by atoms with E-state index in [1.54, 1.807) is 45.2 Å². The van der Waals surface area contributed by atoms with Gasteiger partial charge in [0, 0.05) is 31.9 Å². The van der Waals surface area contributed by atoms with Crippen molar-refractivity contribution in [1.29, 1.82) is 0 Å². The lowest BCUT2D eigenvalue weighted by molar-refractivity contribution is -0.119. The van der Waals surface area contributed by atoms with Crippen molar-refractivity contribution >= 4 is 33.2 Å². The van der Waals surface area contributed by atoms with Gasteiger partial charge in [-0.3, -0.25) is 9.59 Å². The molecule has 1 aliphatic rings. The van der Waals surface area contributed by atoms with Crippen LogP contribution in [0.2, 0.25) is 0 Å². The fraction of sp³-hybridized carbons (Fsp3) is 0.391. The summed E-state index contributed by atoms with van der Waals surface area (Å²) < 4.78 is 28.2. The molecule has 2 aromatic carbocycles. The van der Waals surface area contributed by atoms with Gasteiger partial charge in [-0.1, -0.05) is 17.7 Å². The van der Waals surface area contributed by atoms with Crippen LogP contribution in [0.15, 0.2) is 41.3 Å². The molecule has 0 radical (unpaired) electrons. The van der Waals surface area contributed by atoms with Gasteiger partial charge in [-0.05, 0) is 69.0 Å². The van der Waals surface area contributed by atoms with E-state index in [0.717, 1.165) is 5.56 Å². The second-order valence-electron chi connectivity index (χ2n) is 8.12. The summed E-state index contributed by atoms with van der Waals surface area (Å²) in [7, 11) is -2.13. The molecule has 0 aromatic heterocycles. The minimum absolute atomic E-state index is 0.0923. The van der Waals surface area contributed by atoms with Gasteiger partial charge in [0.1, 0.15) is 6.04 Å². The highest BCUT2D eigenvalue weighted by molar-refractivity contribution is 7.89. The number of hydrogen-bond donors (Lipinski definition) is 1. The van der Waals surface area contributed by atoms with Crippen molar-refractivity contribution in [2.45, 2.75) is 51.5 Å². The van der Waals surface area contributed by atoms with Crippen molar-refractivity contribution in [3.05, 3.63) is 53.1 Å². The Labute approximate surface area is 184 Å². The highest BCUT2D eigenvalue weighted by atomic mass is 32.2. The van der Waals surface area contributed by atoms with E-state index in [4.69, 9.17) is 0 Å². The van der Waals surface area contributed by atoms with E-state index in [9.17, 15) is 18.0 Å². The minimum atomic E-state index is -3.80. The molecule has 1 saturated heterocycles. The molecule has 166 valence electrons. The fourth-order valence-corrected chi connectivity index (χ4v) is 6.23. The van der Waals surface area contributed by atoms with Crippen LogP contribution in [0.4, 0.5) is 11.4 Å². The molecule has 1 atom stereocenters. The Hall–Kier alpha value is -2.71. The molecule has 0 bridgehead atoms. The zero-order valence-electron chi connectivity index (χ0n) is 18.6. The molecule has 1 heterocycles. The standard InChI is InChI=1S/C23H29N3O4S/c1-15-13-16(2)22(17(3)14-15)31(29,30)26-12-6-7-21(26)23(28)24-19-8-10-20(11-9-19)25(5)18(4)27/h8-11,13-14,21H,6-7,12H2,1-5H3,(H,24,28). The molecule has 7 nitrogen and oxygen atoms in total. The van der Waals surface area contributed by atoms with E-state index in [1.807, 2.05) is 19.1 Å². The molecule has 1 aliphatic heterocycles. The number of benzene rings is 2. The number of rotatable bonds is 5. The normalized spacial score (nSPS) is 16.9. The van der Waals surface area contributed by atoms with Gasteiger partial charge < -0.3 is 10.2 Å². The minimum Gasteiger partial charge on any atom is -0.325 e. The third kappa shape index (κ3) is 4.65. The summed E-state index contributed by atoms with van der Waals surface area (Å²) in [4.78, 5) is 26.3. The van der Waals surface area contributed by atoms with E-state index in [0.29, 0.717) is 41.9 Å². The SMILES string of the molecule is CC(=O)N(C)c1ccc(NC(=O)C2CCCN2S(=O)(=O)c2c(C)cc(C)cc2C)cc1. The molecule has 0 saturated carbocycles. The summed E-state index contributed by atoms with van der Waals surface area (Å²) in [6, 6.07) is 9.82. The number of hydrogen-bond acceptors (Lipinski definition) is 4. The van der Waals surface area contributed by atoms with Crippen LogP contribution in [0.3, 0.4) is 0 Å². The van der Waals surface area contributed by atoms with Crippen LogP contribution in [0, 0.1) is 20.8 Å². The zero-order valence-corrected chi connectivity index (χ0v) is 19.4. The van der Waals surface area contributed by atoms with Crippen LogP contribution in [-0.2, 0) is 19.6 Å². The number of nitrogens with zero attached hydrogens (tertiary/aromatic N) is 2. The largest absolute Gasteiger partial charge is 0.325 e. The highest BCUT2D eigenvalue weighted by Gasteiger charge is 2.40. The third-order valence-corrected chi connectivity index (χ3v) is 7.89. The molecule has 1 unspecified atom stereocenters. The molecule has 1 N–H and O–H groups in total. The smallest absolute Gasteiger partial charge is 0.244 e. The van der Waals surface area contributed by atoms with Gasteiger partial charge in [-0.2, -0.15) is 4.31 Å². The maximum absolute atomic E-state index is 13.4. The molecule has 0 aliphatic carbocycles. The fourth-order valence-electron chi connectivity index (χ4n) is 4.16. The summed E-state index contributed by atoms with van der Waals surface area (Å²) in [6.07, 6.45) is 1.10. The van der Waals surface area contributed by atoms with Crippen molar-refractivity contribution in [2.75, 3.05) is 23.8 Å². The number of carbonyl (C=O) groups excluding carboxylic acids is 2. The number of anilines is 2. The topological polar surface area (TPSA) is 86.8 Å². The maximum Gasteiger partial charge on any atom is 0.244 e. The first kappa shape index (κ1) is 23.0. The Morgan fingerprint density at radius 1 is 1.06 bits per heavy atom. The van der Waals surface area contributed by atoms with Crippen LogP contribution in [0.25, 0.3) is 0 Å². The van der Waals surface area contributed by atoms with Gasteiger partial charge in [0.2, 0.25) is 21.8 Å². The number of amides is 2. The molecular weight excluding hydrogens is 414 g/mol. The van der Waals surface area contributed by atoms with Crippen LogP contribution < -0.4 is 10.2 Å². The van der Waals surface area contributed by atoms with Gasteiger partial charge >= 0.3 is 0 Å². The second kappa shape index (κ2) is 8.80. The quantitative estimate of drug-likeness (QED) is 0.767. The Morgan fingerprint density at radius 3 is 2.19 bits per heavy atom. The average Bonchev–Trinajstić information content (AvgIpc) is 3.18. The van der Waals surface area contributed by atoms with E-state index in [-0.39, 0.29) is 16.7 Å². The Bertz CT molecular complexity index is 1090. The molecule has 8 heteroatoms. The molecule has 1 fully saturated rings. The molecule has 2 amide bonds. The Morgan fingerprint density at radius 2 is 1.65 bits per heavy atom. The molecule has 2 aromatic rings. The lowest BCUT2D eigenvalue weighted by Crippen LogP contribution is -2.43. The molecular formula is C23H29N3O4S. The predicted octanol–water partition coefficient (Wildman–Crippen LogP) is 3.39. The first-order chi connectivity index (χ1) is 14.5. The van der Waals surface area contributed by atoms with E-state index in [2.05, 4.69) is 5.32 Å². The maximum atomic E-state index is 13.4. The van der Waals surface area contributed by atoms with Crippen molar-refractivity contribution in [3.8, 4) is 0 Å². The average molecular weight is 444 g/mol. The lowest BCUT2D eigenvalue weighted by atomic mass is 10.1. The number of nitrogens with one attached hydrogen (secondary N) is 1. The second-order valence-corrected chi connectivity index (χ2v) is 9.94. The Balaban J connectivity index is 1.82. The van der Waals surface area contributed by atoms with Crippen LogP contribution >= 0.6 is 0 Å². The summed E-state index contributed by atoms with van der Waals surface area (Å²) in [5.41, 5.74) is 3.64. The van der Waals surface area contributed by atoms with Gasteiger partial charge in [-0.25, -0.2) is 8.42 Å². The van der Waals surface area contributed by atoms with Gasteiger partial charge in [0.15, 0.2) is 0 Å². The monoisotopic (exact) mass is 443 g/mol. The lowest BCUT2D eigenvalue weighted by Gasteiger charge is -2.25. The first-order valence-electron chi connectivity index (χ1n) is 10.3. The molecule has 31 heavy (non-hydrogen) atoms. The van der Waals surface area contributed by atoms with E-state index >= 15 is 0 Å². The summed E-state index contributed by atoms with van der Waals surface area (Å²) >= 11 is 0. The third-order valence-electron chi connectivity index (χ3n) is 5.67. The predicted molar refractivity (Wildman–Crippen MR) is 122 cm³/mol. The van der Waals surface area contributed by atoms with Crippen molar-refractivity contribution in [2.24, 2.45) is 0 Å². The highest BCUT2D eigenvalue weighted by Crippen LogP contribution is 2.31. The first-order valence-corrected chi connectivity index (χ1v) is 11.7. The van der Waals surface area contributed by atoms with Gasteiger partial charge in [-0.15, -0.1) is 0 Å². The van der Waals surface area contributed by atoms with Crippen molar-refractivity contribution < 1.29 is 18.0 Å².